The Balaban J connectivity index is 2.31. The van der Waals surface area contributed by atoms with E-state index in [1.807, 2.05) is 0 Å². The van der Waals surface area contributed by atoms with E-state index in [4.69, 9.17) is 0 Å². The molecule has 19 heavy (non-hydrogen) atoms. The molecule has 0 unspecified atom stereocenters. The molecule has 1 aliphatic rings. The molecule has 0 amide bonds. The Morgan fingerprint density at radius 1 is 1.32 bits per heavy atom. The molecule has 0 aliphatic heterocycles. The molecule has 6 heteroatoms. The molecule has 1 aromatic rings. The Kier molecular flexibility index (Phi) is 3.85. The van der Waals surface area contributed by atoms with Gasteiger partial charge < -0.3 is 10.4 Å². The van der Waals surface area contributed by atoms with Crippen molar-refractivity contribution in [3.8, 4) is 0 Å². The fourth-order valence-electron chi connectivity index (χ4n) is 1.94. The highest BCUT2D eigenvalue weighted by Crippen LogP contribution is 2.39. The number of aliphatic hydroxyl groups excluding tert-OH is 1. The van der Waals surface area contributed by atoms with E-state index < -0.39 is 10.0 Å². The average molecular weight is 284 g/mol. The van der Waals surface area contributed by atoms with Gasteiger partial charge in [0, 0.05) is 6.04 Å². The first-order valence-corrected chi connectivity index (χ1v) is 7.87. The van der Waals surface area contributed by atoms with Crippen LogP contribution in [0.4, 0.5) is 5.69 Å². The van der Waals surface area contributed by atoms with Gasteiger partial charge in [0.05, 0.1) is 17.8 Å². The Morgan fingerprint density at radius 2 is 1.95 bits per heavy atom. The molecule has 0 saturated heterocycles. The van der Waals surface area contributed by atoms with Crippen LogP contribution in [0.5, 0.6) is 0 Å². The number of para-hydroxylation sites is 1. The second-order valence-corrected chi connectivity index (χ2v) is 7.02. The van der Waals surface area contributed by atoms with E-state index >= 15 is 0 Å². The van der Waals surface area contributed by atoms with E-state index in [0.29, 0.717) is 5.69 Å². The normalized spacial score (nSPS) is 17.5. The summed E-state index contributed by atoms with van der Waals surface area (Å²) in [5.74, 6) is 0. The molecule has 0 bridgehead atoms. The zero-order valence-corrected chi connectivity index (χ0v) is 12.0. The monoisotopic (exact) mass is 284 g/mol. The summed E-state index contributed by atoms with van der Waals surface area (Å²) in [6.07, 6.45) is 1.71. The number of anilines is 1. The zero-order valence-electron chi connectivity index (χ0n) is 11.2. The van der Waals surface area contributed by atoms with Gasteiger partial charge in [-0.25, -0.2) is 13.1 Å². The maximum atomic E-state index is 12.2. The molecule has 2 rings (SSSR count). The van der Waals surface area contributed by atoms with Crippen molar-refractivity contribution in [3.63, 3.8) is 0 Å². The maximum absolute atomic E-state index is 12.2. The fourth-order valence-corrected chi connectivity index (χ4v) is 3.35. The van der Waals surface area contributed by atoms with Gasteiger partial charge in [0.25, 0.3) is 0 Å². The van der Waals surface area contributed by atoms with Crippen LogP contribution in [-0.4, -0.2) is 31.7 Å². The predicted molar refractivity (Wildman–Crippen MR) is 74.6 cm³/mol. The molecule has 3 N–H and O–H groups in total. The number of hydrogen-bond acceptors (Lipinski definition) is 4. The molecule has 1 saturated carbocycles. The van der Waals surface area contributed by atoms with Crippen molar-refractivity contribution >= 4 is 15.7 Å². The highest BCUT2D eigenvalue weighted by atomic mass is 32.2. The van der Waals surface area contributed by atoms with Gasteiger partial charge >= 0.3 is 0 Å². The Hall–Kier alpha value is -1.11. The van der Waals surface area contributed by atoms with Crippen LogP contribution in [0.1, 0.15) is 26.7 Å². The van der Waals surface area contributed by atoms with Crippen LogP contribution in [0.15, 0.2) is 29.2 Å². The third-order valence-corrected chi connectivity index (χ3v) is 4.84. The molecule has 1 aliphatic carbocycles. The highest BCUT2D eigenvalue weighted by Gasteiger charge is 2.42. The second-order valence-electron chi connectivity index (χ2n) is 5.34. The molecule has 1 fully saturated rings. The summed E-state index contributed by atoms with van der Waals surface area (Å²) in [6, 6.07) is 6.61. The van der Waals surface area contributed by atoms with Gasteiger partial charge in [0.1, 0.15) is 4.90 Å². The number of benzene rings is 1. The van der Waals surface area contributed by atoms with Gasteiger partial charge in [-0.1, -0.05) is 12.1 Å². The molecular weight excluding hydrogens is 264 g/mol. The van der Waals surface area contributed by atoms with Crippen LogP contribution in [0.2, 0.25) is 0 Å². The minimum Gasteiger partial charge on any atom is -0.394 e. The van der Waals surface area contributed by atoms with E-state index in [1.54, 1.807) is 38.1 Å². The van der Waals surface area contributed by atoms with Gasteiger partial charge in [-0.15, -0.1) is 0 Å². The van der Waals surface area contributed by atoms with Crippen molar-refractivity contribution in [1.29, 1.82) is 0 Å². The number of rotatable bonds is 6. The van der Waals surface area contributed by atoms with E-state index in [2.05, 4.69) is 10.0 Å². The molecule has 0 atom stereocenters. The topological polar surface area (TPSA) is 78.4 Å². The van der Waals surface area contributed by atoms with E-state index in [1.165, 1.54) is 0 Å². The first kappa shape index (κ1) is 14.3. The van der Waals surface area contributed by atoms with Crippen LogP contribution in [-0.2, 0) is 10.0 Å². The Morgan fingerprint density at radius 3 is 2.47 bits per heavy atom. The molecule has 0 radical (unpaired) electrons. The average Bonchev–Trinajstić information content (AvgIpc) is 3.08. The third kappa shape index (κ3) is 3.26. The SMILES string of the molecule is CC(C)NS(=O)(=O)c1ccccc1NC1(CO)CC1. The van der Waals surface area contributed by atoms with Crippen molar-refractivity contribution in [1.82, 2.24) is 4.72 Å². The number of nitrogens with one attached hydrogen (secondary N) is 2. The molecule has 1 aromatic carbocycles. The maximum Gasteiger partial charge on any atom is 0.242 e. The predicted octanol–water partition coefficient (Wildman–Crippen LogP) is 1.31. The minimum absolute atomic E-state index is 0.0129. The first-order valence-electron chi connectivity index (χ1n) is 6.39. The summed E-state index contributed by atoms with van der Waals surface area (Å²) < 4.78 is 27.1. The van der Waals surface area contributed by atoms with Crippen LogP contribution < -0.4 is 10.0 Å². The van der Waals surface area contributed by atoms with E-state index in [0.717, 1.165) is 12.8 Å². The van der Waals surface area contributed by atoms with Gasteiger partial charge in [-0.05, 0) is 38.8 Å². The van der Waals surface area contributed by atoms with Crippen LogP contribution in [0.3, 0.4) is 0 Å². The standard InChI is InChI=1S/C13H20N2O3S/c1-10(2)15-19(17,18)12-6-4-3-5-11(12)14-13(9-16)7-8-13/h3-6,10,14-16H,7-9H2,1-2H3. The van der Waals surface area contributed by atoms with Gasteiger partial charge in [0.2, 0.25) is 10.0 Å². The zero-order chi connectivity index (χ0) is 14.1. The minimum atomic E-state index is -3.54. The quantitative estimate of drug-likeness (QED) is 0.736. The smallest absolute Gasteiger partial charge is 0.242 e. The van der Waals surface area contributed by atoms with Crippen molar-refractivity contribution < 1.29 is 13.5 Å². The largest absolute Gasteiger partial charge is 0.394 e. The summed E-state index contributed by atoms with van der Waals surface area (Å²) in [5, 5.41) is 12.5. The summed E-state index contributed by atoms with van der Waals surface area (Å²) in [7, 11) is -3.54. The van der Waals surface area contributed by atoms with Crippen molar-refractivity contribution in [2.75, 3.05) is 11.9 Å². The summed E-state index contributed by atoms with van der Waals surface area (Å²) in [6.45, 7) is 3.58. The lowest BCUT2D eigenvalue weighted by Gasteiger charge is -2.19. The summed E-state index contributed by atoms with van der Waals surface area (Å²) >= 11 is 0. The van der Waals surface area contributed by atoms with Gasteiger partial charge in [0.15, 0.2) is 0 Å². The third-order valence-electron chi connectivity index (χ3n) is 3.12. The highest BCUT2D eigenvalue weighted by molar-refractivity contribution is 7.89. The van der Waals surface area contributed by atoms with Crippen molar-refractivity contribution in [3.05, 3.63) is 24.3 Å². The lowest BCUT2D eigenvalue weighted by atomic mass is 10.2. The second kappa shape index (κ2) is 5.11. The first-order chi connectivity index (χ1) is 8.88. The van der Waals surface area contributed by atoms with Crippen molar-refractivity contribution in [2.45, 2.75) is 43.2 Å². The summed E-state index contributed by atoms with van der Waals surface area (Å²) in [4.78, 5) is 0.225. The summed E-state index contributed by atoms with van der Waals surface area (Å²) in [5.41, 5.74) is 0.200. The molecule has 0 heterocycles. The van der Waals surface area contributed by atoms with Crippen molar-refractivity contribution in [2.24, 2.45) is 0 Å². The lowest BCUT2D eigenvalue weighted by Crippen LogP contribution is -2.32. The van der Waals surface area contributed by atoms with E-state index in [9.17, 15) is 13.5 Å². The van der Waals surface area contributed by atoms with Crippen LogP contribution in [0.25, 0.3) is 0 Å². The Bertz CT molecular complexity index is 551. The Labute approximate surface area is 114 Å². The van der Waals surface area contributed by atoms with Crippen LogP contribution in [0, 0.1) is 0 Å². The molecule has 106 valence electrons. The van der Waals surface area contributed by atoms with Crippen LogP contribution >= 0.6 is 0 Å². The van der Waals surface area contributed by atoms with E-state index in [-0.39, 0.29) is 23.1 Å². The molecule has 0 spiro atoms. The lowest BCUT2D eigenvalue weighted by molar-refractivity contribution is 0.266. The molecular formula is C13H20N2O3S. The van der Waals surface area contributed by atoms with Gasteiger partial charge in [-0.3, -0.25) is 0 Å². The number of aliphatic hydroxyl groups is 1. The number of hydrogen-bond donors (Lipinski definition) is 3. The molecule has 0 aromatic heterocycles. The molecule has 5 nitrogen and oxygen atoms in total. The number of sulfonamides is 1. The van der Waals surface area contributed by atoms with Gasteiger partial charge in [-0.2, -0.15) is 0 Å². The fraction of sp³-hybridized carbons (Fsp3) is 0.538.